The summed E-state index contributed by atoms with van der Waals surface area (Å²) in [5, 5.41) is 3.14. The Morgan fingerprint density at radius 2 is 1.91 bits per heavy atom. The van der Waals surface area contributed by atoms with Gasteiger partial charge in [-0.05, 0) is 24.6 Å². The van der Waals surface area contributed by atoms with Crippen LogP contribution in [0.25, 0.3) is 0 Å². The molecule has 0 amide bonds. The number of nitrogens with zero attached hydrogens (tertiary/aromatic N) is 2. The fourth-order valence-electron chi connectivity index (χ4n) is 1.81. The van der Waals surface area contributed by atoms with Crippen LogP contribution in [0.5, 0.6) is 0 Å². The smallest absolute Gasteiger partial charge is 0.211 e. The zero-order valence-corrected chi connectivity index (χ0v) is 15.5. The van der Waals surface area contributed by atoms with E-state index < -0.39 is 10.0 Å². The lowest BCUT2D eigenvalue weighted by Gasteiger charge is -2.22. The number of hydrogen-bond acceptors (Lipinski definition) is 3. The minimum absolute atomic E-state index is 0.0885. The maximum absolute atomic E-state index is 11.3. The predicted molar refractivity (Wildman–Crippen MR) is 94.4 cm³/mol. The molecule has 0 bridgehead atoms. The van der Waals surface area contributed by atoms with Crippen molar-refractivity contribution >= 4 is 31.9 Å². The highest BCUT2D eigenvalue weighted by atomic mass is 79.9. The molecule has 0 spiro atoms. The molecule has 0 aromatic heterocycles. The summed E-state index contributed by atoms with van der Waals surface area (Å²) in [6.07, 6.45) is 0. The van der Waals surface area contributed by atoms with Gasteiger partial charge in [0.25, 0.3) is 0 Å². The maximum atomic E-state index is 11.3. The van der Waals surface area contributed by atoms with Crippen molar-refractivity contribution in [3.05, 3.63) is 34.3 Å². The van der Waals surface area contributed by atoms with E-state index in [9.17, 15) is 8.42 Å². The Hall–Kier alpha value is -1.12. The van der Waals surface area contributed by atoms with Gasteiger partial charge in [0.05, 0.1) is 5.75 Å². The summed E-state index contributed by atoms with van der Waals surface area (Å²) in [5.74, 6) is 0.809. The quantitative estimate of drug-likeness (QED) is 0.419. The van der Waals surface area contributed by atoms with Gasteiger partial charge in [-0.3, -0.25) is 4.99 Å². The average Bonchev–Trinajstić information content (AvgIpc) is 2.49. The van der Waals surface area contributed by atoms with Crippen molar-refractivity contribution < 1.29 is 8.42 Å². The van der Waals surface area contributed by atoms with Crippen molar-refractivity contribution in [1.29, 1.82) is 0 Å². The van der Waals surface area contributed by atoms with E-state index in [1.807, 2.05) is 36.2 Å². The number of aliphatic imine (C=N–C) groups is 1. The van der Waals surface area contributed by atoms with Crippen molar-refractivity contribution in [3.8, 4) is 0 Å². The summed E-state index contributed by atoms with van der Waals surface area (Å²) in [4.78, 5) is 6.18. The van der Waals surface area contributed by atoms with Gasteiger partial charge in [0.2, 0.25) is 10.0 Å². The van der Waals surface area contributed by atoms with Gasteiger partial charge >= 0.3 is 0 Å². The topological polar surface area (TPSA) is 73.8 Å². The highest BCUT2D eigenvalue weighted by Gasteiger charge is 2.08. The molecule has 0 saturated carbocycles. The highest BCUT2D eigenvalue weighted by Crippen LogP contribution is 2.11. The molecule has 0 unspecified atom stereocenters. The van der Waals surface area contributed by atoms with Crippen LogP contribution in [0, 0.1) is 0 Å². The van der Waals surface area contributed by atoms with Gasteiger partial charge in [-0.15, -0.1) is 0 Å². The fraction of sp³-hybridized carbons (Fsp3) is 0.500. The molecule has 0 aliphatic rings. The number of guanidine groups is 1. The molecule has 0 atom stereocenters. The second kappa shape index (κ2) is 9.12. The predicted octanol–water partition coefficient (Wildman–Crippen LogP) is 1.40. The highest BCUT2D eigenvalue weighted by molar-refractivity contribution is 9.10. The number of halogens is 1. The van der Waals surface area contributed by atoms with E-state index >= 15 is 0 Å². The Labute approximate surface area is 141 Å². The summed E-state index contributed by atoms with van der Waals surface area (Å²) in [6.45, 7) is 3.15. The third kappa shape index (κ3) is 6.76. The number of benzene rings is 1. The van der Waals surface area contributed by atoms with Gasteiger partial charge < -0.3 is 10.2 Å². The summed E-state index contributed by atoms with van der Waals surface area (Å²) < 4.78 is 26.2. The van der Waals surface area contributed by atoms with Crippen LogP contribution in [0.2, 0.25) is 0 Å². The van der Waals surface area contributed by atoms with Crippen LogP contribution in [0.15, 0.2) is 33.7 Å². The Kier molecular flexibility index (Phi) is 7.84. The van der Waals surface area contributed by atoms with Crippen LogP contribution < -0.4 is 10.0 Å². The van der Waals surface area contributed by atoms with Crippen molar-refractivity contribution in [3.63, 3.8) is 0 Å². The minimum atomic E-state index is -3.14. The van der Waals surface area contributed by atoms with Crippen molar-refractivity contribution in [2.75, 3.05) is 32.9 Å². The van der Waals surface area contributed by atoms with Crippen molar-refractivity contribution in [1.82, 2.24) is 14.9 Å². The average molecular weight is 391 g/mol. The summed E-state index contributed by atoms with van der Waals surface area (Å²) in [5.41, 5.74) is 1.17. The van der Waals surface area contributed by atoms with E-state index in [1.165, 1.54) is 5.56 Å². The zero-order chi connectivity index (χ0) is 16.6. The summed E-state index contributed by atoms with van der Waals surface area (Å²) in [7, 11) is 0.498. The standard InChI is InChI=1S/C14H23BrN4O2S/c1-4-22(20,21)18-10-9-17-14(16-2)19(3)11-12-5-7-13(15)8-6-12/h5-8,18H,4,9-11H2,1-3H3,(H,16,17). The van der Waals surface area contributed by atoms with Crippen LogP contribution in [0.3, 0.4) is 0 Å². The second-order valence-electron chi connectivity index (χ2n) is 4.75. The number of rotatable bonds is 7. The Morgan fingerprint density at radius 3 is 2.45 bits per heavy atom. The molecule has 1 rings (SSSR count). The van der Waals surface area contributed by atoms with E-state index in [4.69, 9.17) is 0 Å². The third-order valence-electron chi connectivity index (χ3n) is 3.02. The van der Waals surface area contributed by atoms with E-state index in [2.05, 4.69) is 31.0 Å². The Balaban J connectivity index is 2.45. The first-order valence-corrected chi connectivity index (χ1v) is 9.46. The molecule has 2 N–H and O–H groups in total. The van der Waals surface area contributed by atoms with Gasteiger partial charge in [0.1, 0.15) is 0 Å². The lowest BCUT2D eigenvalue weighted by molar-refractivity contribution is 0.477. The molecule has 0 heterocycles. The lowest BCUT2D eigenvalue weighted by Crippen LogP contribution is -2.42. The molecule has 1 aromatic rings. The van der Waals surface area contributed by atoms with Crippen LogP contribution in [-0.4, -0.2) is 52.2 Å². The number of sulfonamides is 1. The molecule has 22 heavy (non-hydrogen) atoms. The van der Waals surface area contributed by atoms with Gasteiger partial charge in [0.15, 0.2) is 5.96 Å². The first-order chi connectivity index (χ1) is 10.4. The van der Waals surface area contributed by atoms with Crippen LogP contribution in [-0.2, 0) is 16.6 Å². The minimum Gasteiger partial charge on any atom is -0.355 e. The largest absolute Gasteiger partial charge is 0.355 e. The van der Waals surface area contributed by atoms with Gasteiger partial charge in [-0.25, -0.2) is 13.1 Å². The van der Waals surface area contributed by atoms with E-state index in [-0.39, 0.29) is 5.75 Å². The molecule has 124 valence electrons. The maximum Gasteiger partial charge on any atom is 0.211 e. The van der Waals surface area contributed by atoms with Crippen molar-refractivity contribution in [2.24, 2.45) is 4.99 Å². The SMILES string of the molecule is CCS(=O)(=O)NCCNC(=NC)N(C)Cc1ccc(Br)cc1. The van der Waals surface area contributed by atoms with Crippen LogP contribution >= 0.6 is 15.9 Å². The molecular weight excluding hydrogens is 368 g/mol. The zero-order valence-electron chi connectivity index (χ0n) is 13.1. The molecular formula is C14H23BrN4O2S. The molecule has 6 nitrogen and oxygen atoms in total. The van der Waals surface area contributed by atoms with Gasteiger partial charge in [-0.1, -0.05) is 28.1 Å². The molecule has 0 fully saturated rings. The molecule has 8 heteroatoms. The molecule has 0 saturated heterocycles. The summed E-state index contributed by atoms with van der Waals surface area (Å²) >= 11 is 3.41. The first-order valence-electron chi connectivity index (χ1n) is 7.01. The van der Waals surface area contributed by atoms with Crippen molar-refractivity contribution in [2.45, 2.75) is 13.5 Å². The molecule has 0 radical (unpaired) electrons. The van der Waals surface area contributed by atoms with E-state index in [0.717, 1.165) is 10.4 Å². The first kappa shape index (κ1) is 18.9. The molecule has 1 aromatic carbocycles. The second-order valence-corrected chi connectivity index (χ2v) is 7.77. The fourth-order valence-corrected chi connectivity index (χ4v) is 2.69. The Bertz CT molecular complexity index is 587. The van der Waals surface area contributed by atoms with E-state index in [1.54, 1.807) is 14.0 Å². The number of hydrogen-bond donors (Lipinski definition) is 2. The van der Waals surface area contributed by atoms with E-state index in [0.29, 0.717) is 19.6 Å². The third-order valence-corrected chi connectivity index (χ3v) is 4.95. The van der Waals surface area contributed by atoms with Gasteiger partial charge in [-0.2, -0.15) is 0 Å². The summed E-state index contributed by atoms with van der Waals surface area (Å²) in [6, 6.07) is 8.09. The number of nitrogens with one attached hydrogen (secondary N) is 2. The molecule has 0 aliphatic heterocycles. The van der Waals surface area contributed by atoms with Gasteiger partial charge in [0, 0.05) is 38.2 Å². The molecule has 0 aliphatic carbocycles. The Morgan fingerprint density at radius 1 is 1.27 bits per heavy atom. The monoisotopic (exact) mass is 390 g/mol. The lowest BCUT2D eigenvalue weighted by atomic mass is 10.2. The normalized spacial score (nSPS) is 12.3. The van der Waals surface area contributed by atoms with Crippen LogP contribution in [0.1, 0.15) is 12.5 Å². The van der Waals surface area contributed by atoms with Crippen LogP contribution in [0.4, 0.5) is 0 Å².